The fourth-order valence-electron chi connectivity index (χ4n) is 3.28. The van der Waals surface area contributed by atoms with Crippen molar-refractivity contribution in [3.8, 4) is 0 Å². The third-order valence-electron chi connectivity index (χ3n) is 4.45. The summed E-state index contributed by atoms with van der Waals surface area (Å²) in [5, 5.41) is 19.9. The van der Waals surface area contributed by atoms with Gasteiger partial charge in [-0.25, -0.2) is 15.0 Å². The third-order valence-corrected chi connectivity index (χ3v) is 4.45. The van der Waals surface area contributed by atoms with E-state index in [1.807, 2.05) is 0 Å². The summed E-state index contributed by atoms with van der Waals surface area (Å²) in [4.78, 5) is 25.7. The van der Waals surface area contributed by atoms with Crippen LogP contribution in [0.1, 0.15) is 6.23 Å². The minimum absolute atomic E-state index is 0.230. The first-order valence-electron chi connectivity index (χ1n) is 6.68. The Hall–Kier alpha value is -2.30. The van der Waals surface area contributed by atoms with Crippen LogP contribution in [0.4, 0.5) is 5.82 Å². The summed E-state index contributed by atoms with van der Waals surface area (Å²) in [6.45, 7) is -0.603. The lowest BCUT2D eigenvalue weighted by molar-refractivity contribution is -0.181. The molecular weight excluding hydrogens is 292 g/mol. The zero-order chi connectivity index (χ0) is 15.6. The number of hydrogen-bond acceptors (Lipinski definition) is 8. The van der Waals surface area contributed by atoms with Crippen LogP contribution in [-0.2, 0) is 9.53 Å². The van der Waals surface area contributed by atoms with Gasteiger partial charge in [-0.05, 0) is 0 Å². The van der Waals surface area contributed by atoms with E-state index in [1.54, 1.807) is 11.6 Å². The van der Waals surface area contributed by atoms with Gasteiger partial charge in [-0.2, -0.15) is 0 Å². The highest BCUT2D eigenvalue weighted by Crippen LogP contribution is 2.47. The summed E-state index contributed by atoms with van der Waals surface area (Å²) in [5.74, 6) is -0.212. The number of carbonyl (C=O) groups excluding carboxylic acids is 1. The number of fused-ring (bicyclic) bond motifs is 3. The van der Waals surface area contributed by atoms with E-state index in [0.29, 0.717) is 11.2 Å². The van der Waals surface area contributed by atoms with Gasteiger partial charge >= 0.3 is 0 Å². The first kappa shape index (κ1) is 13.4. The van der Waals surface area contributed by atoms with Gasteiger partial charge in [-0.1, -0.05) is 0 Å². The van der Waals surface area contributed by atoms with Gasteiger partial charge in [0.15, 0.2) is 23.3 Å². The number of rotatable bonds is 2. The number of likely N-dealkylation sites (N-methyl/N-ethyl adjacent to an activating group) is 1. The summed E-state index contributed by atoms with van der Waals surface area (Å²) in [7, 11) is 1.56. The van der Waals surface area contributed by atoms with E-state index in [2.05, 4.69) is 15.0 Å². The van der Waals surface area contributed by atoms with E-state index in [9.17, 15) is 15.0 Å². The largest absolute Gasteiger partial charge is 0.393 e. The summed E-state index contributed by atoms with van der Waals surface area (Å²) in [6, 6.07) is -0.645. The third kappa shape index (κ3) is 1.34. The smallest absolute Gasteiger partial charge is 0.260 e. The molecular formula is C12H14N6O4. The molecule has 0 radical (unpaired) electrons. The van der Waals surface area contributed by atoms with Gasteiger partial charge in [0.25, 0.3) is 5.91 Å². The maximum atomic E-state index is 12.2. The van der Waals surface area contributed by atoms with Crippen LogP contribution in [0.5, 0.6) is 0 Å². The van der Waals surface area contributed by atoms with Crippen molar-refractivity contribution < 1.29 is 19.7 Å². The average Bonchev–Trinajstić information content (AvgIpc) is 3.11. The zero-order valence-corrected chi connectivity index (χ0v) is 11.6. The number of aliphatic hydroxyl groups excluding tert-OH is 2. The number of nitrogen functional groups attached to an aromatic ring is 1. The second kappa shape index (κ2) is 4.12. The Morgan fingerprint density at radius 2 is 2.23 bits per heavy atom. The Morgan fingerprint density at radius 1 is 1.45 bits per heavy atom. The second-order valence-electron chi connectivity index (χ2n) is 5.49. The Labute approximate surface area is 124 Å². The van der Waals surface area contributed by atoms with Crippen molar-refractivity contribution in [2.45, 2.75) is 24.0 Å². The number of imidazole rings is 1. The normalized spacial score (nSPS) is 34.0. The molecule has 2 aromatic rings. The second-order valence-corrected chi connectivity index (χ2v) is 5.49. The summed E-state index contributed by atoms with van der Waals surface area (Å²) < 4.78 is 7.30. The van der Waals surface area contributed by atoms with Crippen LogP contribution in [0.2, 0.25) is 0 Å². The first-order chi connectivity index (χ1) is 10.5. The summed E-state index contributed by atoms with van der Waals surface area (Å²) >= 11 is 0. The van der Waals surface area contributed by atoms with Crippen LogP contribution in [0, 0.1) is 0 Å². The average molecular weight is 306 g/mol. The van der Waals surface area contributed by atoms with Gasteiger partial charge in [-0.3, -0.25) is 9.36 Å². The molecule has 2 fully saturated rings. The molecule has 2 saturated heterocycles. The fourth-order valence-corrected chi connectivity index (χ4v) is 3.28. The summed E-state index contributed by atoms with van der Waals surface area (Å²) in [5.41, 5.74) is 4.96. The number of nitrogens with two attached hydrogens (primary N) is 1. The van der Waals surface area contributed by atoms with E-state index in [0.717, 1.165) is 0 Å². The molecule has 4 rings (SSSR count). The summed E-state index contributed by atoms with van der Waals surface area (Å²) in [6.07, 6.45) is 0.911. The number of hydrogen-bond donors (Lipinski definition) is 3. The molecule has 4 atom stereocenters. The quantitative estimate of drug-likeness (QED) is 0.571. The number of amides is 1. The van der Waals surface area contributed by atoms with Gasteiger partial charge < -0.3 is 25.6 Å². The van der Waals surface area contributed by atoms with E-state index in [1.165, 1.54) is 17.6 Å². The molecule has 10 heteroatoms. The Bertz CT molecular complexity index is 778. The highest BCUT2D eigenvalue weighted by atomic mass is 16.6. The lowest BCUT2D eigenvalue weighted by atomic mass is 10.00. The fraction of sp³-hybridized carbons (Fsp3) is 0.500. The molecule has 0 spiro atoms. The molecule has 2 aromatic heterocycles. The van der Waals surface area contributed by atoms with Crippen molar-refractivity contribution in [2.24, 2.45) is 0 Å². The molecule has 0 aromatic carbocycles. The Morgan fingerprint density at radius 3 is 2.91 bits per heavy atom. The minimum Gasteiger partial charge on any atom is -0.393 e. The van der Waals surface area contributed by atoms with E-state index in [-0.39, 0.29) is 5.82 Å². The molecule has 10 nitrogen and oxygen atoms in total. The minimum atomic E-state index is -1.64. The van der Waals surface area contributed by atoms with Crippen LogP contribution in [0.25, 0.3) is 11.2 Å². The molecule has 0 saturated carbocycles. The molecule has 2 aliphatic rings. The molecule has 0 unspecified atom stereocenters. The number of nitrogens with zero attached hydrogens (tertiary/aromatic N) is 5. The predicted octanol–water partition coefficient (Wildman–Crippen LogP) is -2.13. The molecule has 1 amide bonds. The van der Waals surface area contributed by atoms with Crippen LogP contribution >= 0.6 is 0 Å². The predicted molar refractivity (Wildman–Crippen MR) is 72.2 cm³/mol. The molecule has 4 N–H and O–H groups in total. The number of aliphatic hydroxyl groups is 2. The number of likely N-dealkylation sites (tertiary alicyclic amines) is 1. The van der Waals surface area contributed by atoms with E-state index in [4.69, 9.17) is 10.5 Å². The highest BCUT2D eigenvalue weighted by Gasteiger charge is 2.68. The number of ether oxygens (including phenoxy) is 1. The van der Waals surface area contributed by atoms with Crippen LogP contribution in [0.3, 0.4) is 0 Å². The van der Waals surface area contributed by atoms with Crippen LogP contribution < -0.4 is 5.73 Å². The highest BCUT2D eigenvalue weighted by molar-refractivity contribution is 5.90. The standard InChI is InChI=1S/C12H14N6O4/c1-17-6-7(20)12(2-19,11(17)21)22-10(6)18-4-16-5-8(13)14-3-15-9(5)18/h3-4,6-7,10,19-20H,2H2,1H3,(H2,13,14,15)/t6-,7+,10-,12-/m1/s1. The van der Waals surface area contributed by atoms with E-state index < -0.39 is 36.5 Å². The van der Waals surface area contributed by atoms with Gasteiger partial charge in [0.1, 0.15) is 24.0 Å². The number of carbonyl (C=O) groups is 1. The Balaban J connectivity index is 1.85. The van der Waals surface area contributed by atoms with Crippen LogP contribution in [0.15, 0.2) is 12.7 Å². The molecule has 116 valence electrons. The maximum Gasteiger partial charge on any atom is 0.260 e. The Kier molecular flexibility index (Phi) is 2.50. The van der Waals surface area contributed by atoms with Crippen LogP contribution in [-0.4, -0.2) is 71.9 Å². The number of morpholine rings is 1. The van der Waals surface area contributed by atoms with Gasteiger partial charge in [-0.15, -0.1) is 0 Å². The van der Waals surface area contributed by atoms with E-state index >= 15 is 0 Å². The maximum absolute atomic E-state index is 12.2. The van der Waals surface area contributed by atoms with Gasteiger partial charge in [0.2, 0.25) is 0 Å². The van der Waals surface area contributed by atoms with Crippen molar-refractivity contribution in [2.75, 3.05) is 19.4 Å². The topological polar surface area (TPSA) is 140 Å². The van der Waals surface area contributed by atoms with Crippen molar-refractivity contribution in [1.82, 2.24) is 24.4 Å². The lowest BCUT2D eigenvalue weighted by Gasteiger charge is -2.33. The molecule has 4 heterocycles. The van der Waals surface area contributed by atoms with Crippen molar-refractivity contribution in [1.29, 1.82) is 0 Å². The molecule has 0 aliphatic carbocycles. The van der Waals surface area contributed by atoms with Crippen molar-refractivity contribution in [3.63, 3.8) is 0 Å². The molecule has 22 heavy (non-hydrogen) atoms. The molecule has 2 aliphatic heterocycles. The SMILES string of the molecule is CN1C(=O)[C@]2(CO)O[C@@H](n3cnc4c(N)ncnc43)[C@H]1[C@@H]2O. The number of anilines is 1. The van der Waals surface area contributed by atoms with Gasteiger partial charge in [0, 0.05) is 7.05 Å². The molecule has 2 bridgehead atoms. The lowest BCUT2D eigenvalue weighted by Crippen LogP contribution is -2.51. The zero-order valence-electron chi connectivity index (χ0n) is 11.6. The number of aromatic nitrogens is 4. The van der Waals surface area contributed by atoms with Gasteiger partial charge in [0.05, 0.1) is 12.9 Å². The first-order valence-corrected chi connectivity index (χ1v) is 6.68. The van der Waals surface area contributed by atoms with Crippen molar-refractivity contribution >= 4 is 22.9 Å². The van der Waals surface area contributed by atoms with Crippen molar-refractivity contribution in [3.05, 3.63) is 12.7 Å². The monoisotopic (exact) mass is 306 g/mol.